The first-order valence-corrected chi connectivity index (χ1v) is 9.16. The number of hydrogen-bond donors (Lipinski definition) is 1. The first-order chi connectivity index (χ1) is 9.89. The fourth-order valence-corrected chi connectivity index (χ4v) is 3.30. The third-order valence-electron chi connectivity index (χ3n) is 3.62. The fraction of sp³-hybridized carbons (Fsp3) is 0.824. The topological polar surface area (TPSA) is 28.2 Å². The van der Waals surface area contributed by atoms with E-state index in [9.17, 15) is 0 Å². The Balaban J connectivity index is 2.69. The maximum atomic E-state index is 4.89. The summed E-state index contributed by atoms with van der Waals surface area (Å²) in [7, 11) is 0. The smallest absolute Gasteiger partial charge is 0.0944 e. The molecule has 0 aliphatic rings. The van der Waals surface area contributed by atoms with Crippen LogP contribution in [-0.2, 0) is 19.4 Å². The van der Waals surface area contributed by atoms with Gasteiger partial charge in [0.05, 0.1) is 10.7 Å². The van der Waals surface area contributed by atoms with Crippen molar-refractivity contribution in [2.24, 2.45) is 0 Å². The normalized spacial score (nSPS) is 12.3. The van der Waals surface area contributed by atoms with Gasteiger partial charge in [-0.1, -0.05) is 27.2 Å². The van der Waals surface area contributed by atoms with Crippen molar-refractivity contribution in [1.29, 1.82) is 0 Å². The van der Waals surface area contributed by atoms with E-state index in [0.717, 1.165) is 39.0 Å². The second-order valence-corrected chi connectivity index (χ2v) is 7.78. The molecule has 0 amide bonds. The van der Waals surface area contributed by atoms with Crippen LogP contribution in [0.15, 0.2) is 0 Å². The second kappa shape index (κ2) is 8.86. The first-order valence-electron chi connectivity index (χ1n) is 8.34. The Kier molecular flexibility index (Phi) is 7.85. The molecule has 122 valence electrons. The highest BCUT2D eigenvalue weighted by molar-refractivity contribution is 7.11. The molecule has 0 bridgehead atoms. The number of hydrogen-bond acceptors (Lipinski definition) is 4. The van der Waals surface area contributed by atoms with Gasteiger partial charge in [-0.3, -0.25) is 0 Å². The Labute approximate surface area is 135 Å². The van der Waals surface area contributed by atoms with Crippen LogP contribution >= 0.6 is 11.3 Å². The molecule has 1 aromatic rings. The summed E-state index contributed by atoms with van der Waals surface area (Å²) >= 11 is 1.90. The number of aryl methyl sites for hydroxylation is 1. The number of aromatic nitrogens is 1. The molecule has 0 aromatic carbocycles. The summed E-state index contributed by atoms with van der Waals surface area (Å²) in [5.41, 5.74) is 1.48. The summed E-state index contributed by atoms with van der Waals surface area (Å²) in [4.78, 5) is 8.79. The van der Waals surface area contributed by atoms with Gasteiger partial charge in [0.25, 0.3) is 0 Å². The van der Waals surface area contributed by atoms with Crippen LogP contribution in [0.3, 0.4) is 0 Å². The summed E-state index contributed by atoms with van der Waals surface area (Å²) < 4.78 is 0. The summed E-state index contributed by atoms with van der Waals surface area (Å²) in [5, 5.41) is 4.90. The van der Waals surface area contributed by atoms with E-state index in [1.807, 2.05) is 11.3 Å². The predicted molar refractivity (Wildman–Crippen MR) is 94.2 cm³/mol. The molecule has 0 fully saturated rings. The van der Waals surface area contributed by atoms with Gasteiger partial charge < -0.3 is 10.2 Å². The van der Waals surface area contributed by atoms with E-state index in [-0.39, 0.29) is 5.54 Å². The van der Waals surface area contributed by atoms with Crippen molar-refractivity contribution >= 4 is 11.3 Å². The summed E-state index contributed by atoms with van der Waals surface area (Å²) in [5.74, 6) is 0. The van der Waals surface area contributed by atoms with Crippen molar-refractivity contribution < 1.29 is 0 Å². The molecule has 0 atom stereocenters. The molecular weight excluding hydrogens is 278 g/mol. The van der Waals surface area contributed by atoms with Crippen molar-refractivity contribution in [1.82, 2.24) is 15.2 Å². The van der Waals surface area contributed by atoms with Gasteiger partial charge in [0.15, 0.2) is 0 Å². The van der Waals surface area contributed by atoms with Crippen molar-refractivity contribution in [3.63, 3.8) is 0 Å². The monoisotopic (exact) mass is 311 g/mol. The molecule has 3 nitrogen and oxygen atoms in total. The molecule has 0 aliphatic carbocycles. The number of nitrogens with zero attached hydrogens (tertiary/aromatic N) is 2. The molecule has 0 aliphatic heterocycles. The van der Waals surface area contributed by atoms with Crippen LogP contribution in [0.5, 0.6) is 0 Å². The summed E-state index contributed by atoms with van der Waals surface area (Å²) in [6.07, 6.45) is 3.35. The van der Waals surface area contributed by atoms with Gasteiger partial charge in [0.1, 0.15) is 0 Å². The van der Waals surface area contributed by atoms with Crippen LogP contribution in [0.4, 0.5) is 0 Å². The van der Waals surface area contributed by atoms with Gasteiger partial charge in [-0.2, -0.15) is 0 Å². The van der Waals surface area contributed by atoms with E-state index < -0.39 is 0 Å². The third-order valence-corrected chi connectivity index (χ3v) is 4.78. The minimum atomic E-state index is 0.162. The lowest BCUT2D eigenvalue weighted by Gasteiger charge is -2.20. The largest absolute Gasteiger partial charge is 0.307 e. The zero-order valence-electron chi connectivity index (χ0n) is 14.8. The van der Waals surface area contributed by atoms with Gasteiger partial charge in [-0.25, -0.2) is 4.98 Å². The minimum absolute atomic E-state index is 0.162. The second-order valence-electron chi connectivity index (χ2n) is 6.61. The standard InChI is InChI=1S/C17H33N3S/c1-7-10-14-15(13-18-17(4,5)6)21-16(19-14)11-12-20(8-2)9-3/h18H,7-13H2,1-6H3. The molecule has 0 unspecified atom stereocenters. The van der Waals surface area contributed by atoms with Crippen molar-refractivity contribution in [2.75, 3.05) is 19.6 Å². The van der Waals surface area contributed by atoms with Crippen LogP contribution in [0, 0.1) is 0 Å². The first kappa shape index (κ1) is 18.6. The van der Waals surface area contributed by atoms with Gasteiger partial charge in [0.2, 0.25) is 0 Å². The molecule has 4 heteroatoms. The number of rotatable bonds is 9. The molecular formula is C17H33N3S. The van der Waals surface area contributed by atoms with Gasteiger partial charge >= 0.3 is 0 Å². The quantitative estimate of drug-likeness (QED) is 0.750. The third kappa shape index (κ3) is 6.90. The highest BCUT2D eigenvalue weighted by atomic mass is 32.1. The average Bonchev–Trinajstić information content (AvgIpc) is 2.80. The Morgan fingerprint density at radius 2 is 1.76 bits per heavy atom. The minimum Gasteiger partial charge on any atom is -0.307 e. The van der Waals surface area contributed by atoms with Crippen LogP contribution in [0.25, 0.3) is 0 Å². The number of nitrogens with one attached hydrogen (secondary N) is 1. The molecule has 21 heavy (non-hydrogen) atoms. The number of thiazole rings is 1. The Bertz CT molecular complexity index is 403. The van der Waals surface area contributed by atoms with E-state index >= 15 is 0 Å². The van der Waals surface area contributed by atoms with Crippen LogP contribution in [0.1, 0.15) is 63.5 Å². The Morgan fingerprint density at radius 3 is 2.29 bits per heavy atom. The Hall–Kier alpha value is -0.450. The predicted octanol–water partition coefficient (Wildman–Crippen LogP) is 3.87. The summed E-state index contributed by atoms with van der Waals surface area (Å²) in [6.45, 7) is 17.7. The molecule has 1 heterocycles. The Morgan fingerprint density at radius 1 is 1.10 bits per heavy atom. The maximum absolute atomic E-state index is 4.89. The SMILES string of the molecule is CCCc1nc(CCN(CC)CC)sc1CNC(C)(C)C. The van der Waals surface area contributed by atoms with Gasteiger partial charge in [0, 0.05) is 29.9 Å². The van der Waals surface area contributed by atoms with Crippen molar-refractivity contribution in [3.8, 4) is 0 Å². The van der Waals surface area contributed by atoms with Crippen molar-refractivity contribution in [2.45, 2.75) is 72.9 Å². The van der Waals surface area contributed by atoms with Gasteiger partial charge in [-0.05, 0) is 40.3 Å². The highest BCUT2D eigenvalue weighted by Crippen LogP contribution is 2.21. The van der Waals surface area contributed by atoms with E-state index in [1.54, 1.807) is 0 Å². The lowest BCUT2D eigenvalue weighted by atomic mass is 10.1. The van der Waals surface area contributed by atoms with Crippen LogP contribution in [0.2, 0.25) is 0 Å². The zero-order valence-corrected chi connectivity index (χ0v) is 15.6. The molecule has 0 saturated heterocycles. The van der Waals surface area contributed by atoms with Crippen molar-refractivity contribution in [3.05, 3.63) is 15.6 Å². The zero-order chi connectivity index (χ0) is 15.9. The molecule has 1 N–H and O–H groups in total. The average molecular weight is 312 g/mol. The molecule has 0 spiro atoms. The lowest BCUT2D eigenvalue weighted by molar-refractivity contribution is 0.308. The molecule has 0 radical (unpaired) electrons. The van der Waals surface area contributed by atoms with E-state index in [0.29, 0.717) is 0 Å². The highest BCUT2D eigenvalue weighted by Gasteiger charge is 2.14. The van der Waals surface area contributed by atoms with E-state index in [2.05, 4.69) is 51.8 Å². The molecule has 1 aromatic heterocycles. The summed E-state index contributed by atoms with van der Waals surface area (Å²) in [6, 6.07) is 0. The van der Waals surface area contributed by atoms with Gasteiger partial charge in [-0.15, -0.1) is 11.3 Å². The van der Waals surface area contributed by atoms with Crippen LogP contribution < -0.4 is 5.32 Å². The van der Waals surface area contributed by atoms with E-state index in [1.165, 1.54) is 22.0 Å². The fourth-order valence-electron chi connectivity index (χ4n) is 2.25. The molecule has 0 saturated carbocycles. The van der Waals surface area contributed by atoms with Crippen LogP contribution in [-0.4, -0.2) is 35.1 Å². The molecule has 1 rings (SSSR count). The number of likely N-dealkylation sites (N-methyl/N-ethyl adjacent to an activating group) is 1. The van der Waals surface area contributed by atoms with E-state index in [4.69, 9.17) is 4.98 Å². The maximum Gasteiger partial charge on any atom is 0.0944 e. The lowest BCUT2D eigenvalue weighted by Crippen LogP contribution is -2.35.